The van der Waals surface area contributed by atoms with Gasteiger partial charge in [0.2, 0.25) is 0 Å². The first-order valence-electron chi connectivity index (χ1n) is 14.3. The second kappa shape index (κ2) is 10.9. The summed E-state index contributed by atoms with van der Waals surface area (Å²) in [6, 6.07) is 17.7. The highest BCUT2D eigenvalue weighted by Gasteiger charge is 2.24. The molecule has 2 aromatic heterocycles. The van der Waals surface area contributed by atoms with Crippen LogP contribution in [0.15, 0.2) is 60.7 Å². The molecule has 5 heterocycles. The van der Waals surface area contributed by atoms with Crippen molar-refractivity contribution in [3.8, 4) is 0 Å². The molecule has 2 aromatic carbocycles. The van der Waals surface area contributed by atoms with Gasteiger partial charge in [-0.05, 0) is 78.4 Å². The number of carboxylic acids is 1. The molecule has 41 heavy (non-hydrogen) atoms. The lowest BCUT2D eigenvalue weighted by molar-refractivity contribution is -0.0591. The van der Waals surface area contributed by atoms with Crippen LogP contribution in [0.5, 0.6) is 0 Å². The summed E-state index contributed by atoms with van der Waals surface area (Å²) in [5, 5.41) is 10.3. The fourth-order valence-corrected chi connectivity index (χ4v) is 6.24. The van der Waals surface area contributed by atoms with E-state index in [4.69, 9.17) is 26.3 Å². The molecule has 0 saturated carbocycles. The number of ether oxygens (including phenoxy) is 1. The Balaban J connectivity index is 1.07. The van der Waals surface area contributed by atoms with Crippen LogP contribution in [0.1, 0.15) is 45.8 Å². The number of benzene rings is 2. The lowest BCUT2D eigenvalue weighted by Gasteiger charge is -2.31. The molecule has 1 unspecified atom stereocenters. The zero-order chi connectivity index (χ0) is 27.9. The molecular formula is C32H32ClN5O3. The minimum absolute atomic E-state index is 0.150. The summed E-state index contributed by atoms with van der Waals surface area (Å²) in [6.07, 6.45) is 5.32. The van der Waals surface area contributed by atoms with Crippen molar-refractivity contribution in [2.24, 2.45) is 0 Å². The standard InChI is InChI=1S/C32H32ClN5O3/c33-25-6-4-24-18-37(14-10-22(24)16-25)30-3-1-2-27(34-30)21-8-12-36(13-9-21)20-31-35-28-7-5-23(32(39)40)17-29(28)38(31)19-26-11-15-41-26/h1-8,16-17,26H,9-15,18-20H2,(H,39,40). The first-order valence-corrected chi connectivity index (χ1v) is 14.6. The Morgan fingerprint density at radius 2 is 1.95 bits per heavy atom. The van der Waals surface area contributed by atoms with Crippen LogP contribution in [0.25, 0.3) is 16.6 Å². The summed E-state index contributed by atoms with van der Waals surface area (Å²) in [6.45, 7) is 5.64. The van der Waals surface area contributed by atoms with E-state index in [2.05, 4.69) is 50.8 Å². The van der Waals surface area contributed by atoms with Gasteiger partial charge in [-0.2, -0.15) is 0 Å². The Bertz CT molecular complexity index is 1660. The van der Waals surface area contributed by atoms with Gasteiger partial charge in [0.1, 0.15) is 11.6 Å². The van der Waals surface area contributed by atoms with Crippen LogP contribution >= 0.6 is 11.6 Å². The molecule has 0 aliphatic carbocycles. The first-order chi connectivity index (χ1) is 20.0. The van der Waals surface area contributed by atoms with E-state index in [1.807, 2.05) is 12.1 Å². The SMILES string of the molecule is O=C(O)c1ccc2nc(CN3CC=C(c4cccc(N5CCc6cc(Cl)ccc6C5)n4)CC3)n(CC3CCO3)c2c1. The van der Waals surface area contributed by atoms with E-state index >= 15 is 0 Å². The Kier molecular flexibility index (Phi) is 6.98. The minimum Gasteiger partial charge on any atom is -0.478 e. The number of fused-ring (bicyclic) bond motifs is 2. The molecule has 0 amide bonds. The van der Waals surface area contributed by atoms with E-state index in [-0.39, 0.29) is 11.7 Å². The lowest BCUT2D eigenvalue weighted by atomic mass is 9.99. The monoisotopic (exact) mass is 569 g/mol. The Morgan fingerprint density at radius 3 is 2.73 bits per heavy atom. The van der Waals surface area contributed by atoms with Gasteiger partial charge in [0, 0.05) is 37.8 Å². The Hall–Kier alpha value is -3.72. The third kappa shape index (κ3) is 5.35. The van der Waals surface area contributed by atoms with E-state index < -0.39 is 5.97 Å². The molecule has 3 aliphatic rings. The Morgan fingerprint density at radius 1 is 1.05 bits per heavy atom. The molecule has 1 N–H and O–H groups in total. The van der Waals surface area contributed by atoms with Crippen LogP contribution in [0.2, 0.25) is 5.02 Å². The number of rotatable bonds is 7. The van der Waals surface area contributed by atoms with Gasteiger partial charge in [0.15, 0.2) is 0 Å². The third-order valence-corrected chi connectivity index (χ3v) is 8.72. The normalized spacial score (nSPS) is 19.1. The number of carbonyl (C=O) groups is 1. The highest BCUT2D eigenvalue weighted by molar-refractivity contribution is 6.30. The van der Waals surface area contributed by atoms with Crippen LogP contribution < -0.4 is 4.90 Å². The van der Waals surface area contributed by atoms with Crippen LogP contribution in [0.3, 0.4) is 0 Å². The number of hydrogen-bond donors (Lipinski definition) is 1. The van der Waals surface area contributed by atoms with E-state index in [0.717, 1.165) is 85.4 Å². The van der Waals surface area contributed by atoms with Gasteiger partial charge in [-0.25, -0.2) is 14.8 Å². The van der Waals surface area contributed by atoms with Gasteiger partial charge in [0.05, 0.1) is 41.5 Å². The maximum Gasteiger partial charge on any atom is 0.335 e. The maximum atomic E-state index is 11.6. The average Bonchev–Trinajstić information content (AvgIpc) is 3.30. The smallest absolute Gasteiger partial charge is 0.335 e. The van der Waals surface area contributed by atoms with E-state index in [1.54, 1.807) is 12.1 Å². The van der Waals surface area contributed by atoms with Crippen molar-refractivity contribution < 1.29 is 14.6 Å². The van der Waals surface area contributed by atoms with Gasteiger partial charge in [0.25, 0.3) is 0 Å². The van der Waals surface area contributed by atoms with Crippen molar-refractivity contribution in [3.63, 3.8) is 0 Å². The summed E-state index contributed by atoms with van der Waals surface area (Å²) in [5.41, 5.74) is 6.91. The number of aromatic nitrogens is 3. The maximum absolute atomic E-state index is 11.6. The summed E-state index contributed by atoms with van der Waals surface area (Å²) in [7, 11) is 0. The van der Waals surface area contributed by atoms with Crippen LogP contribution in [0.4, 0.5) is 5.82 Å². The largest absolute Gasteiger partial charge is 0.478 e. The molecular weight excluding hydrogens is 538 g/mol. The molecule has 0 spiro atoms. The third-order valence-electron chi connectivity index (χ3n) is 8.48. The topological polar surface area (TPSA) is 83.7 Å². The number of carboxylic acid groups (broad SMARTS) is 1. The lowest BCUT2D eigenvalue weighted by Crippen LogP contribution is -2.33. The molecule has 4 aromatic rings. The molecule has 3 aliphatic heterocycles. The second-order valence-electron chi connectivity index (χ2n) is 11.1. The van der Waals surface area contributed by atoms with E-state index in [9.17, 15) is 9.90 Å². The first kappa shape index (κ1) is 26.2. The predicted molar refractivity (Wildman–Crippen MR) is 159 cm³/mol. The highest BCUT2D eigenvalue weighted by atomic mass is 35.5. The van der Waals surface area contributed by atoms with Gasteiger partial charge < -0.3 is 19.3 Å². The molecule has 1 atom stereocenters. The highest BCUT2D eigenvalue weighted by Crippen LogP contribution is 2.29. The number of anilines is 1. The summed E-state index contributed by atoms with van der Waals surface area (Å²) >= 11 is 6.20. The molecule has 0 bridgehead atoms. The molecule has 0 radical (unpaired) electrons. The fraction of sp³-hybridized carbons (Fsp3) is 0.344. The zero-order valence-electron chi connectivity index (χ0n) is 22.8. The molecule has 7 rings (SSSR count). The molecule has 9 heteroatoms. The summed E-state index contributed by atoms with van der Waals surface area (Å²) < 4.78 is 7.86. The molecule has 8 nitrogen and oxygen atoms in total. The van der Waals surface area contributed by atoms with Crippen molar-refractivity contribution >= 4 is 40.0 Å². The van der Waals surface area contributed by atoms with E-state index in [0.29, 0.717) is 13.1 Å². The van der Waals surface area contributed by atoms with Gasteiger partial charge in [-0.15, -0.1) is 0 Å². The van der Waals surface area contributed by atoms with Crippen molar-refractivity contribution in [2.75, 3.05) is 31.1 Å². The predicted octanol–water partition coefficient (Wildman–Crippen LogP) is 5.42. The minimum atomic E-state index is -0.928. The molecule has 1 saturated heterocycles. The van der Waals surface area contributed by atoms with Crippen LogP contribution in [-0.2, 0) is 30.8 Å². The number of nitrogens with zero attached hydrogens (tertiary/aromatic N) is 5. The molecule has 210 valence electrons. The number of imidazole rings is 1. The van der Waals surface area contributed by atoms with Crippen LogP contribution in [-0.4, -0.2) is 62.9 Å². The van der Waals surface area contributed by atoms with E-state index in [1.165, 1.54) is 16.7 Å². The number of aromatic carboxylic acids is 1. The number of halogens is 1. The zero-order valence-corrected chi connectivity index (χ0v) is 23.6. The van der Waals surface area contributed by atoms with Crippen molar-refractivity contribution in [2.45, 2.75) is 45.0 Å². The number of pyridine rings is 1. The molecule has 1 fully saturated rings. The quantitative estimate of drug-likeness (QED) is 0.318. The number of hydrogen-bond acceptors (Lipinski definition) is 6. The van der Waals surface area contributed by atoms with Crippen molar-refractivity contribution in [1.82, 2.24) is 19.4 Å². The van der Waals surface area contributed by atoms with Crippen molar-refractivity contribution in [3.05, 3.63) is 93.9 Å². The fourth-order valence-electron chi connectivity index (χ4n) is 6.05. The van der Waals surface area contributed by atoms with Crippen LogP contribution in [0, 0.1) is 0 Å². The summed E-state index contributed by atoms with van der Waals surface area (Å²) in [4.78, 5) is 26.3. The van der Waals surface area contributed by atoms with Crippen molar-refractivity contribution in [1.29, 1.82) is 0 Å². The van der Waals surface area contributed by atoms with Gasteiger partial charge in [-0.3, -0.25) is 4.90 Å². The van der Waals surface area contributed by atoms with Gasteiger partial charge >= 0.3 is 5.97 Å². The average molecular weight is 570 g/mol. The second-order valence-corrected chi connectivity index (χ2v) is 11.5. The Labute approximate surface area is 243 Å². The van der Waals surface area contributed by atoms with Gasteiger partial charge in [-0.1, -0.05) is 29.8 Å². The summed E-state index contributed by atoms with van der Waals surface area (Å²) in [5.74, 6) is 1.03.